The van der Waals surface area contributed by atoms with E-state index in [0.717, 1.165) is 30.5 Å². The fraction of sp³-hybridized carbons (Fsp3) is 0.231. The zero-order chi connectivity index (χ0) is 12.5. The van der Waals surface area contributed by atoms with Crippen molar-refractivity contribution >= 4 is 17.6 Å². The predicted molar refractivity (Wildman–Crippen MR) is 66.7 cm³/mol. The molecule has 0 aliphatic heterocycles. The van der Waals surface area contributed by atoms with Crippen molar-refractivity contribution in [3.63, 3.8) is 0 Å². The second-order valence-electron chi connectivity index (χ2n) is 4.28. The third-order valence-electron chi connectivity index (χ3n) is 3.13. The van der Waals surface area contributed by atoms with Crippen LogP contribution < -0.4 is 10.6 Å². The van der Waals surface area contributed by atoms with Crippen molar-refractivity contribution in [2.24, 2.45) is 5.73 Å². The van der Waals surface area contributed by atoms with Crippen LogP contribution in [0, 0.1) is 0 Å². The Bertz CT molecular complexity index is 577. The number of para-hydroxylation sites is 1. The number of amides is 2. The molecule has 5 nitrogen and oxygen atoms in total. The van der Waals surface area contributed by atoms with Gasteiger partial charge in [-0.05, 0) is 31.4 Å². The molecule has 3 rings (SSSR count). The first kappa shape index (κ1) is 10.8. The lowest BCUT2D eigenvalue weighted by atomic mass is 10.2. The first-order valence-electron chi connectivity index (χ1n) is 5.89. The van der Waals surface area contributed by atoms with E-state index in [1.54, 1.807) is 0 Å². The fourth-order valence-electron chi connectivity index (χ4n) is 2.31. The molecule has 0 radical (unpaired) electrons. The van der Waals surface area contributed by atoms with E-state index in [1.165, 1.54) is 4.90 Å². The number of anilines is 2. The van der Waals surface area contributed by atoms with Gasteiger partial charge in [0.05, 0.1) is 11.4 Å². The Labute approximate surface area is 104 Å². The molecule has 1 aliphatic carbocycles. The van der Waals surface area contributed by atoms with Crippen LogP contribution in [0.25, 0.3) is 0 Å². The molecule has 0 atom stereocenters. The van der Waals surface area contributed by atoms with Crippen LogP contribution in [-0.2, 0) is 12.8 Å². The molecular weight excluding hydrogens is 230 g/mol. The number of nitrogens with zero attached hydrogens (tertiary/aromatic N) is 2. The number of carbonyl (C=O) groups is 1. The van der Waals surface area contributed by atoms with E-state index >= 15 is 0 Å². The highest BCUT2D eigenvalue weighted by Crippen LogP contribution is 2.34. The van der Waals surface area contributed by atoms with Crippen molar-refractivity contribution in [1.82, 2.24) is 5.16 Å². The maximum atomic E-state index is 11.7. The lowest BCUT2D eigenvalue weighted by Gasteiger charge is -2.17. The first-order chi connectivity index (χ1) is 8.77. The van der Waals surface area contributed by atoms with Crippen LogP contribution in [0.4, 0.5) is 16.4 Å². The van der Waals surface area contributed by atoms with Gasteiger partial charge in [-0.3, -0.25) is 0 Å². The topological polar surface area (TPSA) is 72.4 Å². The number of primary amides is 1. The average Bonchev–Trinajstić information content (AvgIpc) is 2.95. The van der Waals surface area contributed by atoms with Crippen LogP contribution in [0.1, 0.15) is 17.7 Å². The zero-order valence-corrected chi connectivity index (χ0v) is 9.80. The number of hydrogen-bond acceptors (Lipinski definition) is 3. The smallest absolute Gasteiger partial charge is 0.326 e. The first-order valence-corrected chi connectivity index (χ1v) is 5.89. The van der Waals surface area contributed by atoms with Gasteiger partial charge < -0.3 is 10.3 Å². The minimum absolute atomic E-state index is 0.459. The van der Waals surface area contributed by atoms with Gasteiger partial charge in [0.25, 0.3) is 0 Å². The summed E-state index contributed by atoms with van der Waals surface area (Å²) in [4.78, 5) is 13.0. The Morgan fingerprint density at radius 1 is 1.28 bits per heavy atom. The molecule has 0 bridgehead atoms. The number of nitrogens with two attached hydrogens (primary N) is 1. The Kier molecular flexibility index (Phi) is 2.51. The van der Waals surface area contributed by atoms with E-state index in [4.69, 9.17) is 10.3 Å². The van der Waals surface area contributed by atoms with Crippen molar-refractivity contribution in [3.05, 3.63) is 41.6 Å². The third kappa shape index (κ3) is 1.64. The normalized spacial score (nSPS) is 13.3. The largest absolute Gasteiger partial charge is 0.351 e. The number of aromatic nitrogens is 1. The van der Waals surface area contributed by atoms with E-state index in [2.05, 4.69) is 5.16 Å². The summed E-state index contributed by atoms with van der Waals surface area (Å²) in [6.45, 7) is 0. The van der Waals surface area contributed by atoms with Gasteiger partial charge in [-0.2, -0.15) is 0 Å². The Morgan fingerprint density at radius 3 is 2.78 bits per heavy atom. The molecule has 92 valence electrons. The lowest BCUT2D eigenvalue weighted by Crippen LogP contribution is -2.31. The maximum Gasteiger partial charge on any atom is 0.326 e. The second-order valence-corrected chi connectivity index (χ2v) is 4.28. The van der Waals surface area contributed by atoms with Crippen molar-refractivity contribution in [2.45, 2.75) is 19.3 Å². The summed E-state index contributed by atoms with van der Waals surface area (Å²) < 4.78 is 5.29. The van der Waals surface area contributed by atoms with Gasteiger partial charge in [-0.15, -0.1) is 0 Å². The molecule has 1 aliphatic rings. The molecule has 1 heterocycles. The SMILES string of the molecule is NC(=O)N(c1ccccc1)c1onc2c1CCC2. The van der Waals surface area contributed by atoms with Gasteiger partial charge in [-0.1, -0.05) is 23.4 Å². The molecule has 1 aromatic heterocycles. The Morgan fingerprint density at radius 2 is 2.06 bits per heavy atom. The number of benzene rings is 1. The van der Waals surface area contributed by atoms with Crippen LogP contribution >= 0.6 is 0 Å². The summed E-state index contributed by atoms with van der Waals surface area (Å²) in [6.07, 6.45) is 2.83. The van der Waals surface area contributed by atoms with Crippen LogP contribution in [0.15, 0.2) is 34.9 Å². The Hall–Kier alpha value is -2.30. The van der Waals surface area contributed by atoms with Crippen LogP contribution in [0.3, 0.4) is 0 Å². The second kappa shape index (κ2) is 4.18. The quantitative estimate of drug-likeness (QED) is 0.880. The molecule has 0 fully saturated rings. The molecule has 2 amide bonds. The van der Waals surface area contributed by atoms with Crippen molar-refractivity contribution < 1.29 is 9.32 Å². The van der Waals surface area contributed by atoms with Crippen LogP contribution in [-0.4, -0.2) is 11.2 Å². The number of aryl methyl sites for hydroxylation is 1. The minimum Gasteiger partial charge on any atom is -0.351 e. The summed E-state index contributed by atoms with van der Waals surface area (Å²) in [6, 6.07) is 8.65. The maximum absolute atomic E-state index is 11.7. The number of rotatable bonds is 2. The zero-order valence-electron chi connectivity index (χ0n) is 9.80. The Balaban J connectivity index is 2.08. The molecule has 0 spiro atoms. The molecule has 18 heavy (non-hydrogen) atoms. The number of fused-ring (bicyclic) bond motifs is 1. The van der Waals surface area contributed by atoms with Crippen LogP contribution in [0.2, 0.25) is 0 Å². The monoisotopic (exact) mass is 243 g/mol. The molecule has 0 saturated heterocycles. The lowest BCUT2D eigenvalue weighted by molar-refractivity contribution is 0.254. The van der Waals surface area contributed by atoms with E-state index < -0.39 is 6.03 Å². The summed E-state index contributed by atoms with van der Waals surface area (Å²) in [5.41, 5.74) is 8.08. The van der Waals surface area contributed by atoms with E-state index in [-0.39, 0.29) is 0 Å². The molecular formula is C13H13N3O2. The number of carbonyl (C=O) groups excluding carboxylic acids is 1. The molecule has 1 aromatic carbocycles. The van der Waals surface area contributed by atoms with Gasteiger partial charge in [0.2, 0.25) is 5.88 Å². The molecule has 2 aromatic rings. The van der Waals surface area contributed by atoms with E-state index in [9.17, 15) is 4.79 Å². The molecule has 5 heteroatoms. The average molecular weight is 243 g/mol. The van der Waals surface area contributed by atoms with E-state index in [0.29, 0.717) is 11.6 Å². The summed E-state index contributed by atoms with van der Waals surface area (Å²) in [5, 5.41) is 4.00. The van der Waals surface area contributed by atoms with E-state index in [1.807, 2.05) is 30.3 Å². The third-order valence-corrected chi connectivity index (χ3v) is 3.13. The van der Waals surface area contributed by atoms with Crippen molar-refractivity contribution in [3.8, 4) is 0 Å². The van der Waals surface area contributed by atoms with Crippen LogP contribution in [0.5, 0.6) is 0 Å². The van der Waals surface area contributed by atoms with Gasteiger partial charge in [0, 0.05) is 5.56 Å². The summed E-state index contributed by atoms with van der Waals surface area (Å²) in [5.74, 6) is 0.459. The molecule has 0 unspecified atom stereocenters. The van der Waals surface area contributed by atoms with Gasteiger partial charge in [0.1, 0.15) is 0 Å². The van der Waals surface area contributed by atoms with Gasteiger partial charge >= 0.3 is 6.03 Å². The number of urea groups is 1. The summed E-state index contributed by atoms with van der Waals surface area (Å²) >= 11 is 0. The highest BCUT2D eigenvalue weighted by atomic mass is 16.5. The highest BCUT2D eigenvalue weighted by molar-refractivity contribution is 5.97. The standard InChI is InChI=1S/C13H13N3O2/c14-13(17)16(9-5-2-1-3-6-9)12-10-7-4-8-11(10)15-18-12/h1-3,5-6H,4,7-8H2,(H2,14,17). The highest BCUT2D eigenvalue weighted by Gasteiger charge is 2.28. The number of hydrogen-bond donors (Lipinski definition) is 1. The van der Waals surface area contributed by atoms with Crippen molar-refractivity contribution in [2.75, 3.05) is 4.90 Å². The summed E-state index contributed by atoms with van der Waals surface area (Å²) in [7, 11) is 0. The molecule has 2 N–H and O–H groups in total. The van der Waals surface area contributed by atoms with Crippen molar-refractivity contribution in [1.29, 1.82) is 0 Å². The van der Waals surface area contributed by atoms with Gasteiger partial charge in [-0.25, -0.2) is 9.69 Å². The van der Waals surface area contributed by atoms with Gasteiger partial charge in [0.15, 0.2) is 0 Å². The molecule has 0 saturated carbocycles. The fourth-order valence-corrected chi connectivity index (χ4v) is 2.31. The minimum atomic E-state index is -0.563. The predicted octanol–water partition coefficient (Wildman–Crippen LogP) is 2.38.